The van der Waals surface area contributed by atoms with Gasteiger partial charge in [-0.15, -0.1) is 0 Å². The molecule has 0 aromatic heterocycles. The predicted octanol–water partition coefficient (Wildman–Crippen LogP) is 1.68. The van der Waals surface area contributed by atoms with Gasteiger partial charge in [-0.1, -0.05) is 12.1 Å². The van der Waals surface area contributed by atoms with Gasteiger partial charge in [-0.3, -0.25) is 4.79 Å². The van der Waals surface area contributed by atoms with Crippen LogP contribution in [0.5, 0.6) is 0 Å². The molecule has 21 heavy (non-hydrogen) atoms. The molecule has 116 valence electrons. The van der Waals surface area contributed by atoms with Crippen molar-refractivity contribution < 1.29 is 22.3 Å². The van der Waals surface area contributed by atoms with Gasteiger partial charge in [-0.05, 0) is 37.5 Å². The van der Waals surface area contributed by atoms with Crippen molar-refractivity contribution in [3.63, 3.8) is 0 Å². The fourth-order valence-electron chi connectivity index (χ4n) is 2.02. The molecule has 1 saturated carbocycles. The van der Waals surface area contributed by atoms with Gasteiger partial charge in [0.1, 0.15) is 5.82 Å². The monoisotopic (exact) mass is 315 g/mol. The van der Waals surface area contributed by atoms with Gasteiger partial charge in [0.25, 0.3) is 0 Å². The number of rotatable bonds is 7. The Hall–Kier alpha value is -1.47. The van der Waals surface area contributed by atoms with Crippen molar-refractivity contribution in [3.05, 3.63) is 35.6 Å². The second kappa shape index (κ2) is 6.53. The van der Waals surface area contributed by atoms with Gasteiger partial charge >= 0.3 is 5.97 Å². The third kappa shape index (κ3) is 4.50. The van der Waals surface area contributed by atoms with Gasteiger partial charge in [0.15, 0.2) is 5.75 Å². The number of carbonyl (C=O) groups is 1. The average Bonchev–Trinajstić information content (AvgIpc) is 3.21. The zero-order valence-electron chi connectivity index (χ0n) is 11.8. The molecule has 0 atom stereocenters. The molecule has 0 bridgehead atoms. The van der Waals surface area contributed by atoms with Gasteiger partial charge in [0.2, 0.25) is 10.0 Å². The first kappa shape index (κ1) is 15.9. The van der Waals surface area contributed by atoms with E-state index in [0.717, 1.165) is 12.8 Å². The predicted molar refractivity (Wildman–Crippen MR) is 75.4 cm³/mol. The van der Waals surface area contributed by atoms with Crippen LogP contribution in [0.2, 0.25) is 0 Å². The number of esters is 1. The topological polar surface area (TPSA) is 63.7 Å². The summed E-state index contributed by atoms with van der Waals surface area (Å²) in [5, 5.41) is 0. The lowest BCUT2D eigenvalue weighted by Gasteiger charge is -2.21. The van der Waals surface area contributed by atoms with Crippen LogP contribution in [-0.4, -0.2) is 37.1 Å². The fraction of sp³-hybridized carbons (Fsp3) is 0.500. The van der Waals surface area contributed by atoms with E-state index in [2.05, 4.69) is 0 Å². The molecule has 1 fully saturated rings. The average molecular weight is 315 g/mol. The van der Waals surface area contributed by atoms with E-state index in [1.54, 1.807) is 19.1 Å². The van der Waals surface area contributed by atoms with E-state index in [1.165, 1.54) is 16.4 Å². The molecule has 1 aromatic rings. The summed E-state index contributed by atoms with van der Waals surface area (Å²) in [5.41, 5.74) is 0.690. The summed E-state index contributed by atoms with van der Waals surface area (Å²) in [7, 11) is -3.72. The van der Waals surface area contributed by atoms with Crippen molar-refractivity contribution >= 4 is 16.0 Å². The van der Waals surface area contributed by atoms with Crippen molar-refractivity contribution in [1.82, 2.24) is 4.31 Å². The third-order valence-corrected chi connectivity index (χ3v) is 4.91. The number of hydrogen-bond donors (Lipinski definition) is 0. The number of halogens is 1. The Labute approximate surface area is 123 Å². The lowest BCUT2D eigenvalue weighted by molar-refractivity contribution is -0.140. The highest BCUT2D eigenvalue weighted by molar-refractivity contribution is 7.89. The van der Waals surface area contributed by atoms with Crippen molar-refractivity contribution in [2.24, 2.45) is 0 Å². The Morgan fingerprint density at radius 2 is 1.95 bits per heavy atom. The summed E-state index contributed by atoms with van der Waals surface area (Å²) >= 11 is 0. The molecular weight excluding hydrogens is 297 g/mol. The van der Waals surface area contributed by atoms with Crippen LogP contribution in [0.4, 0.5) is 4.39 Å². The molecule has 0 aliphatic heterocycles. The van der Waals surface area contributed by atoms with Gasteiger partial charge in [0, 0.05) is 12.6 Å². The quantitative estimate of drug-likeness (QED) is 0.718. The Morgan fingerprint density at radius 3 is 2.48 bits per heavy atom. The minimum atomic E-state index is -3.72. The molecule has 5 nitrogen and oxygen atoms in total. The Balaban J connectivity index is 2.11. The molecule has 0 amide bonds. The highest BCUT2D eigenvalue weighted by atomic mass is 32.2. The number of benzene rings is 1. The Morgan fingerprint density at radius 1 is 1.33 bits per heavy atom. The number of ether oxygens (including phenoxy) is 1. The smallest absolute Gasteiger partial charge is 0.322 e. The second-order valence-electron chi connectivity index (χ2n) is 4.96. The molecule has 1 aromatic carbocycles. The molecular formula is C14H18FNO4S. The van der Waals surface area contributed by atoms with Crippen molar-refractivity contribution in [2.45, 2.75) is 32.4 Å². The highest BCUT2D eigenvalue weighted by Gasteiger charge is 2.38. The van der Waals surface area contributed by atoms with Crippen molar-refractivity contribution in [3.8, 4) is 0 Å². The molecule has 1 aliphatic carbocycles. The van der Waals surface area contributed by atoms with E-state index in [9.17, 15) is 17.6 Å². The van der Waals surface area contributed by atoms with Gasteiger partial charge in [-0.25, -0.2) is 12.8 Å². The third-order valence-electron chi connectivity index (χ3n) is 3.17. The molecule has 0 spiro atoms. The molecule has 0 saturated heterocycles. The van der Waals surface area contributed by atoms with E-state index >= 15 is 0 Å². The molecule has 0 N–H and O–H groups in total. The summed E-state index contributed by atoms with van der Waals surface area (Å²) in [4.78, 5) is 11.4. The fourth-order valence-corrected chi connectivity index (χ4v) is 3.58. The van der Waals surface area contributed by atoms with Gasteiger partial charge < -0.3 is 4.74 Å². The summed E-state index contributed by atoms with van der Waals surface area (Å²) in [6.07, 6.45) is 1.56. The van der Waals surface area contributed by atoms with E-state index in [1.807, 2.05) is 0 Å². The first-order valence-electron chi connectivity index (χ1n) is 6.82. The number of nitrogens with zero attached hydrogens (tertiary/aromatic N) is 1. The van der Waals surface area contributed by atoms with E-state index < -0.39 is 21.7 Å². The van der Waals surface area contributed by atoms with Gasteiger partial charge in [0.05, 0.1) is 6.61 Å². The molecule has 0 radical (unpaired) electrons. The Bertz CT molecular complexity index is 596. The largest absolute Gasteiger partial charge is 0.465 e. The minimum absolute atomic E-state index is 0.0746. The molecule has 2 rings (SSSR count). The van der Waals surface area contributed by atoms with Crippen molar-refractivity contribution in [1.29, 1.82) is 0 Å². The summed E-state index contributed by atoms with van der Waals surface area (Å²) in [6.45, 7) is 1.92. The maximum Gasteiger partial charge on any atom is 0.322 e. The van der Waals surface area contributed by atoms with Crippen LogP contribution in [0.15, 0.2) is 24.3 Å². The van der Waals surface area contributed by atoms with E-state index in [4.69, 9.17) is 4.74 Å². The van der Waals surface area contributed by atoms with Crippen LogP contribution in [0.1, 0.15) is 25.3 Å². The Kier molecular flexibility index (Phi) is 4.95. The SMILES string of the molecule is CCOC(=O)CS(=O)(=O)N(Cc1ccc(F)cc1)C1CC1. The maximum atomic E-state index is 12.9. The zero-order valence-corrected chi connectivity index (χ0v) is 12.6. The summed E-state index contributed by atoms with van der Waals surface area (Å²) < 4.78 is 43.5. The van der Waals surface area contributed by atoms with Crippen LogP contribution in [0.25, 0.3) is 0 Å². The number of hydrogen-bond acceptors (Lipinski definition) is 4. The highest BCUT2D eigenvalue weighted by Crippen LogP contribution is 2.31. The van der Waals surface area contributed by atoms with Crippen LogP contribution in [-0.2, 0) is 26.1 Å². The molecule has 0 unspecified atom stereocenters. The van der Waals surface area contributed by atoms with Crippen LogP contribution < -0.4 is 0 Å². The standard InChI is InChI=1S/C14H18FNO4S/c1-2-20-14(17)10-21(18,19)16(13-7-8-13)9-11-3-5-12(15)6-4-11/h3-6,13H,2,7-10H2,1H3. The number of sulfonamides is 1. The zero-order chi connectivity index (χ0) is 15.5. The normalized spacial score (nSPS) is 15.2. The summed E-state index contributed by atoms with van der Waals surface area (Å²) in [6, 6.07) is 5.60. The van der Waals surface area contributed by atoms with Crippen molar-refractivity contribution in [2.75, 3.05) is 12.4 Å². The minimum Gasteiger partial charge on any atom is -0.465 e. The second-order valence-corrected chi connectivity index (χ2v) is 6.89. The van der Waals surface area contributed by atoms with E-state index in [-0.39, 0.29) is 25.0 Å². The van der Waals surface area contributed by atoms with Crippen LogP contribution in [0, 0.1) is 5.82 Å². The summed E-state index contributed by atoms with van der Waals surface area (Å²) in [5.74, 6) is -1.77. The lowest BCUT2D eigenvalue weighted by Crippen LogP contribution is -2.37. The van der Waals surface area contributed by atoms with Crippen LogP contribution >= 0.6 is 0 Å². The van der Waals surface area contributed by atoms with E-state index in [0.29, 0.717) is 5.56 Å². The molecule has 7 heteroatoms. The lowest BCUT2D eigenvalue weighted by atomic mass is 10.2. The number of carbonyl (C=O) groups excluding carboxylic acids is 1. The molecule has 1 aliphatic rings. The maximum absolute atomic E-state index is 12.9. The first-order valence-corrected chi connectivity index (χ1v) is 8.43. The molecule has 0 heterocycles. The first-order chi connectivity index (χ1) is 9.92. The van der Waals surface area contributed by atoms with Gasteiger partial charge in [-0.2, -0.15) is 4.31 Å². The van der Waals surface area contributed by atoms with Crippen LogP contribution in [0.3, 0.4) is 0 Å².